The molecule has 0 bridgehead atoms. The van der Waals surface area contributed by atoms with Gasteiger partial charge in [-0.25, -0.2) is 0 Å². The number of hydrogen-bond donors (Lipinski definition) is 3. The number of aliphatic imine (C=N–C) groups is 1. The van der Waals surface area contributed by atoms with Crippen LogP contribution in [0.5, 0.6) is 0 Å². The minimum Gasteiger partial charge on any atom is -0.392 e. The van der Waals surface area contributed by atoms with Crippen molar-refractivity contribution >= 4 is 5.96 Å². The topological polar surface area (TPSA) is 70.6 Å². The van der Waals surface area contributed by atoms with Crippen LogP contribution in [0.2, 0.25) is 0 Å². The first kappa shape index (κ1) is 8.23. The molecule has 0 aromatic rings. The van der Waals surface area contributed by atoms with Gasteiger partial charge in [-0.3, -0.25) is 4.99 Å². The minimum atomic E-state index is -0.384. The van der Waals surface area contributed by atoms with Gasteiger partial charge in [-0.2, -0.15) is 0 Å². The van der Waals surface area contributed by atoms with E-state index in [9.17, 15) is 0 Å². The lowest BCUT2D eigenvalue weighted by atomic mass is 10.4. The summed E-state index contributed by atoms with van der Waals surface area (Å²) in [5, 5.41) is 11.4. The largest absolute Gasteiger partial charge is 0.392 e. The van der Waals surface area contributed by atoms with Gasteiger partial charge in [-0.1, -0.05) is 0 Å². The smallest absolute Gasteiger partial charge is 0.188 e. The van der Waals surface area contributed by atoms with Crippen LogP contribution in [-0.4, -0.2) is 30.8 Å². The van der Waals surface area contributed by atoms with Crippen molar-refractivity contribution in [1.82, 2.24) is 5.32 Å². The predicted molar refractivity (Wildman–Crippen MR) is 37.2 cm³/mol. The third-order valence-electron chi connectivity index (χ3n) is 0.819. The van der Waals surface area contributed by atoms with Crippen LogP contribution >= 0.6 is 0 Å². The average molecular weight is 131 g/mol. The lowest BCUT2D eigenvalue weighted by Crippen LogP contribution is -2.36. The summed E-state index contributed by atoms with van der Waals surface area (Å²) < 4.78 is 0. The third kappa shape index (κ3) is 5.10. The molecule has 0 heterocycles. The summed E-state index contributed by atoms with van der Waals surface area (Å²) >= 11 is 0. The number of hydrogen-bond acceptors (Lipinski definition) is 2. The molecule has 0 aliphatic heterocycles. The summed E-state index contributed by atoms with van der Waals surface area (Å²) in [5.74, 6) is 0.357. The van der Waals surface area contributed by atoms with E-state index in [0.29, 0.717) is 12.5 Å². The Morgan fingerprint density at radius 3 is 2.78 bits per heavy atom. The summed E-state index contributed by atoms with van der Waals surface area (Å²) in [5.41, 5.74) is 5.25. The number of aliphatic hydroxyl groups is 1. The van der Waals surface area contributed by atoms with Gasteiger partial charge >= 0.3 is 0 Å². The molecule has 0 fully saturated rings. The second kappa shape index (κ2) is 4.14. The standard InChI is InChI=1S/C5H13N3O/c1-4(9)3-8-5(6)7-2/h4,9H,3H2,1-2H3,(H3,6,7,8). The highest BCUT2D eigenvalue weighted by Gasteiger charge is 1.93. The summed E-state index contributed by atoms with van der Waals surface area (Å²) in [6.45, 7) is 2.12. The number of nitrogens with one attached hydrogen (secondary N) is 1. The fraction of sp³-hybridized carbons (Fsp3) is 0.800. The van der Waals surface area contributed by atoms with Crippen LogP contribution in [0.4, 0.5) is 0 Å². The normalized spacial score (nSPS) is 15.2. The van der Waals surface area contributed by atoms with Gasteiger partial charge in [0, 0.05) is 13.6 Å². The maximum absolute atomic E-state index is 8.72. The van der Waals surface area contributed by atoms with Gasteiger partial charge in [0.15, 0.2) is 5.96 Å². The van der Waals surface area contributed by atoms with E-state index in [4.69, 9.17) is 10.8 Å². The number of aliphatic hydroxyl groups excluding tert-OH is 1. The number of nitrogens with zero attached hydrogens (tertiary/aromatic N) is 1. The van der Waals surface area contributed by atoms with Crippen molar-refractivity contribution in [2.45, 2.75) is 13.0 Å². The fourth-order valence-corrected chi connectivity index (χ4v) is 0.331. The second-order valence-corrected chi connectivity index (χ2v) is 1.84. The van der Waals surface area contributed by atoms with Crippen LogP contribution in [0.25, 0.3) is 0 Å². The first-order valence-corrected chi connectivity index (χ1v) is 2.81. The maximum Gasteiger partial charge on any atom is 0.188 e. The van der Waals surface area contributed by atoms with Gasteiger partial charge in [0.2, 0.25) is 0 Å². The summed E-state index contributed by atoms with van der Waals surface area (Å²) in [4.78, 5) is 3.63. The van der Waals surface area contributed by atoms with E-state index in [0.717, 1.165) is 0 Å². The predicted octanol–water partition coefficient (Wildman–Crippen LogP) is -1.10. The number of guanidine groups is 1. The molecule has 0 radical (unpaired) electrons. The Labute approximate surface area is 54.8 Å². The van der Waals surface area contributed by atoms with Gasteiger partial charge in [-0.05, 0) is 6.92 Å². The molecule has 4 nitrogen and oxygen atoms in total. The Balaban J connectivity index is 3.28. The molecule has 1 unspecified atom stereocenters. The highest BCUT2D eigenvalue weighted by Crippen LogP contribution is 1.72. The van der Waals surface area contributed by atoms with E-state index in [1.807, 2.05) is 0 Å². The van der Waals surface area contributed by atoms with Crippen LogP contribution in [0.3, 0.4) is 0 Å². The molecule has 4 N–H and O–H groups in total. The van der Waals surface area contributed by atoms with Crippen molar-refractivity contribution in [1.29, 1.82) is 0 Å². The molecular formula is C5H13N3O. The first-order valence-electron chi connectivity index (χ1n) is 2.81. The molecule has 0 aliphatic rings. The Morgan fingerprint density at radius 2 is 2.44 bits per heavy atom. The molecular weight excluding hydrogens is 118 g/mol. The van der Waals surface area contributed by atoms with Crippen LogP contribution in [0.1, 0.15) is 6.92 Å². The number of rotatable bonds is 2. The lowest BCUT2D eigenvalue weighted by Gasteiger charge is -2.05. The van der Waals surface area contributed by atoms with Crippen LogP contribution < -0.4 is 11.1 Å². The molecule has 9 heavy (non-hydrogen) atoms. The highest BCUT2D eigenvalue weighted by atomic mass is 16.3. The Kier molecular flexibility index (Phi) is 3.79. The van der Waals surface area contributed by atoms with Crippen molar-refractivity contribution in [2.24, 2.45) is 10.7 Å². The quantitative estimate of drug-likeness (QED) is 0.329. The zero-order valence-electron chi connectivity index (χ0n) is 5.76. The Hall–Kier alpha value is -0.770. The van der Waals surface area contributed by atoms with E-state index < -0.39 is 0 Å². The first-order chi connectivity index (χ1) is 4.16. The SMILES string of the molecule is CN=C(N)NCC(C)O. The fourth-order valence-electron chi connectivity index (χ4n) is 0.331. The summed E-state index contributed by atoms with van der Waals surface area (Å²) in [6.07, 6.45) is -0.384. The summed E-state index contributed by atoms with van der Waals surface area (Å²) in [6, 6.07) is 0. The number of nitrogens with two attached hydrogens (primary N) is 1. The molecule has 54 valence electrons. The monoisotopic (exact) mass is 131 g/mol. The van der Waals surface area contributed by atoms with E-state index in [1.165, 1.54) is 0 Å². The van der Waals surface area contributed by atoms with Crippen molar-refractivity contribution in [2.75, 3.05) is 13.6 Å². The molecule has 0 aromatic carbocycles. The van der Waals surface area contributed by atoms with Gasteiger partial charge in [-0.15, -0.1) is 0 Å². The van der Waals surface area contributed by atoms with Gasteiger partial charge in [0.25, 0.3) is 0 Å². The molecule has 0 aromatic heterocycles. The van der Waals surface area contributed by atoms with Crippen molar-refractivity contribution in [3.05, 3.63) is 0 Å². The second-order valence-electron chi connectivity index (χ2n) is 1.84. The Bertz CT molecular complexity index is 100. The van der Waals surface area contributed by atoms with Crippen molar-refractivity contribution in [3.8, 4) is 0 Å². The van der Waals surface area contributed by atoms with Crippen LogP contribution in [0, 0.1) is 0 Å². The van der Waals surface area contributed by atoms with Gasteiger partial charge in [0.05, 0.1) is 6.10 Å². The van der Waals surface area contributed by atoms with Crippen molar-refractivity contribution in [3.63, 3.8) is 0 Å². The van der Waals surface area contributed by atoms with E-state index in [1.54, 1.807) is 14.0 Å². The summed E-state index contributed by atoms with van der Waals surface area (Å²) in [7, 11) is 1.59. The molecule has 4 heteroatoms. The zero-order valence-corrected chi connectivity index (χ0v) is 5.76. The zero-order chi connectivity index (χ0) is 7.28. The molecule has 0 saturated heterocycles. The molecule has 0 amide bonds. The lowest BCUT2D eigenvalue weighted by molar-refractivity contribution is 0.198. The average Bonchev–Trinajstić information content (AvgIpc) is 1.83. The third-order valence-corrected chi connectivity index (χ3v) is 0.819. The van der Waals surface area contributed by atoms with Crippen LogP contribution in [-0.2, 0) is 0 Å². The Morgan fingerprint density at radius 1 is 1.89 bits per heavy atom. The highest BCUT2D eigenvalue weighted by molar-refractivity contribution is 5.77. The molecule has 0 spiro atoms. The van der Waals surface area contributed by atoms with Gasteiger partial charge < -0.3 is 16.2 Å². The molecule has 0 aliphatic carbocycles. The van der Waals surface area contributed by atoms with E-state index >= 15 is 0 Å². The van der Waals surface area contributed by atoms with Crippen LogP contribution in [0.15, 0.2) is 4.99 Å². The van der Waals surface area contributed by atoms with Crippen molar-refractivity contribution < 1.29 is 5.11 Å². The molecule has 0 rings (SSSR count). The van der Waals surface area contributed by atoms with Gasteiger partial charge in [0.1, 0.15) is 0 Å². The van der Waals surface area contributed by atoms with E-state index in [2.05, 4.69) is 10.3 Å². The maximum atomic E-state index is 8.72. The molecule has 1 atom stereocenters. The molecule has 0 saturated carbocycles. The minimum absolute atomic E-state index is 0.357. The van der Waals surface area contributed by atoms with E-state index in [-0.39, 0.29) is 6.10 Å².